The van der Waals surface area contributed by atoms with Crippen LogP contribution < -0.4 is 0 Å². The zero-order chi connectivity index (χ0) is 22.8. The van der Waals surface area contributed by atoms with Crippen molar-refractivity contribution in [1.82, 2.24) is 19.6 Å². The van der Waals surface area contributed by atoms with Crippen molar-refractivity contribution in [3.63, 3.8) is 0 Å². The Morgan fingerprint density at radius 3 is 2.26 bits per heavy atom. The Bertz CT molecular complexity index is 1060. The third kappa shape index (κ3) is 5.26. The van der Waals surface area contributed by atoms with E-state index in [1.807, 2.05) is 19.0 Å². The molecule has 3 rings (SSSR count). The van der Waals surface area contributed by atoms with E-state index in [1.54, 1.807) is 60.5 Å². The second-order valence-corrected chi connectivity index (χ2v) is 7.79. The first-order valence-electron chi connectivity index (χ1n) is 9.50. The van der Waals surface area contributed by atoms with Gasteiger partial charge in [-0.05, 0) is 44.4 Å². The van der Waals surface area contributed by atoms with E-state index in [0.717, 1.165) is 12.6 Å². The number of amides is 1. The van der Waals surface area contributed by atoms with E-state index in [4.69, 9.17) is 11.6 Å². The summed E-state index contributed by atoms with van der Waals surface area (Å²) in [5.41, 5.74) is 0.463. The van der Waals surface area contributed by atoms with Crippen LogP contribution in [0.1, 0.15) is 16.1 Å². The van der Waals surface area contributed by atoms with Crippen LogP contribution in [0.2, 0.25) is 5.02 Å². The van der Waals surface area contributed by atoms with Gasteiger partial charge in [-0.1, -0.05) is 35.9 Å². The molecule has 0 saturated heterocycles. The predicted octanol–water partition coefficient (Wildman–Crippen LogP) is 4.85. The van der Waals surface area contributed by atoms with Gasteiger partial charge in [-0.15, -0.1) is 0 Å². The first kappa shape index (κ1) is 22.8. The van der Waals surface area contributed by atoms with Gasteiger partial charge in [-0.3, -0.25) is 4.79 Å². The second kappa shape index (κ2) is 9.11. The van der Waals surface area contributed by atoms with Crippen molar-refractivity contribution in [2.75, 3.05) is 34.2 Å². The zero-order valence-corrected chi connectivity index (χ0v) is 18.1. The molecule has 0 unspecified atom stereocenters. The Labute approximate surface area is 183 Å². The highest BCUT2D eigenvalue weighted by atomic mass is 35.5. The zero-order valence-electron chi connectivity index (χ0n) is 17.3. The molecule has 1 heterocycles. The number of hydrogen-bond acceptors (Lipinski definition) is 3. The lowest BCUT2D eigenvalue weighted by molar-refractivity contribution is -0.141. The summed E-state index contributed by atoms with van der Waals surface area (Å²) in [5, 5.41) is 4.02. The van der Waals surface area contributed by atoms with Gasteiger partial charge < -0.3 is 9.80 Å². The number of para-hydroxylation sites is 1. The lowest BCUT2D eigenvalue weighted by atomic mass is 10.1. The SMILES string of the molecule is CN(C)CCN(C)C(=O)c1ccc(-c2cc(C(F)(F)F)nn2-c2ccccc2Cl)cc1. The maximum atomic E-state index is 13.3. The normalized spacial score (nSPS) is 11.7. The molecule has 1 aromatic heterocycles. The van der Waals surface area contributed by atoms with Crippen LogP contribution in [0, 0.1) is 0 Å². The molecule has 0 N–H and O–H groups in total. The van der Waals surface area contributed by atoms with E-state index in [2.05, 4.69) is 5.10 Å². The largest absolute Gasteiger partial charge is 0.435 e. The molecular weight excluding hydrogens is 429 g/mol. The number of aromatic nitrogens is 2. The van der Waals surface area contributed by atoms with Crippen molar-refractivity contribution in [3.05, 3.63) is 70.9 Å². The van der Waals surface area contributed by atoms with Crippen LogP contribution >= 0.6 is 11.6 Å². The molecule has 0 aliphatic heterocycles. The minimum Gasteiger partial charge on any atom is -0.340 e. The maximum Gasteiger partial charge on any atom is 0.435 e. The lowest BCUT2D eigenvalue weighted by Gasteiger charge is -2.19. The van der Waals surface area contributed by atoms with Gasteiger partial charge in [0, 0.05) is 31.3 Å². The number of carbonyl (C=O) groups excluding carboxylic acids is 1. The summed E-state index contributed by atoms with van der Waals surface area (Å²) < 4.78 is 41.2. The summed E-state index contributed by atoms with van der Waals surface area (Å²) in [6.45, 7) is 1.28. The van der Waals surface area contributed by atoms with E-state index < -0.39 is 11.9 Å². The van der Waals surface area contributed by atoms with Crippen LogP contribution in [0.3, 0.4) is 0 Å². The highest BCUT2D eigenvalue weighted by molar-refractivity contribution is 6.32. The van der Waals surface area contributed by atoms with Crippen molar-refractivity contribution < 1.29 is 18.0 Å². The Kier molecular flexibility index (Phi) is 6.71. The summed E-state index contributed by atoms with van der Waals surface area (Å²) in [6, 6.07) is 13.9. The van der Waals surface area contributed by atoms with Gasteiger partial charge in [0.05, 0.1) is 16.4 Å². The Balaban J connectivity index is 1.96. The number of halogens is 4. The van der Waals surface area contributed by atoms with Crippen LogP contribution in [-0.4, -0.2) is 59.7 Å². The lowest BCUT2D eigenvalue weighted by Crippen LogP contribution is -2.33. The number of alkyl halides is 3. The van der Waals surface area contributed by atoms with Crippen molar-refractivity contribution in [1.29, 1.82) is 0 Å². The molecule has 0 atom stereocenters. The topological polar surface area (TPSA) is 41.4 Å². The molecule has 0 radical (unpaired) electrons. The number of likely N-dealkylation sites (N-methyl/N-ethyl adjacent to an activating group) is 2. The summed E-state index contributed by atoms with van der Waals surface area (Å²) in [7, 11) is 5.55. The summed E-state index contributed by atoms with van der Waals surface area (Å²) >= 11 is 6.20. The molecule has 0 aliphatic rings. The van der Waals surface area contributed by atoms with E-state index in [-0.39, 0.29) is 16.6 Å². The van der Waals surface area contributed by atoms with Gasteiger partial charge in [0.1, 0.15) is 0 Å². The van der Waals surface area contributed by atoms with E-state index >= 15 is 0 Å². The highest BCUT2D eigenvalue weighted by Crippen LogP contribution is 2.34. The number of hydrogen-bond donors (Lipinski definition) is 0. The van der Waals surface area contributed by atoms with Crippen LogP contribution in [0.5, 0.6) is 0 Å². The average molecular weight is 451 g/mol. The third-order valence-electron chi connectivity index (χ3n) is 4.74. The molecule has 1 amide bonds. The van der Waals surface area contributed by atoms with Gasteiger partial charge >= 0.3 is 6.18 Å². The van der Waals surface area contributed by atoms with Crippen LogP contribution in [0.15, 0.2) is 54.6 Å². The minimum atomic E-state index is -4.60. The molecule has 3 aromatic rings. The molecule has 5 nitrogen and oxygen atoms in total. The molecule has 2 aromatic carbocycles. The Morgan fingerprint density at radius 1 is 1.03 bits per heavy atom. The smallest absolute Gasteiger partial charge is 0.340 e. The molecule has 0 spiro atoms. The van der Waals surface area contributed by atoms with Gasteiger partial charge in [-0.2, -0.15) is 18.3 Å². The molecule has 0 bridgehead atoms. The highest BCUT2D eigenvalue weighted by Gasteiger charge is 2.35. The molecule has 164 valence electrons. The number of rotatable bonds is 6. The van der Waals surface area contributed by atoms with Crippen molar-refractivity contribution in [2.45, 2.75) is 6.18 Å². The van der Waals surface area contributed by atoms with E-state index in [9.17, 15) is 18.0 Å². The first-order chi connectivity index (χ1) is 14.6. The monoisotopic (exact) mass is 450 g/mol. The van der Waals surface area contributed by atoms with E-state index in [1.165, 1.54) is 4.68 Å². The number of carbonyl (C=O) groups is 1. The van der Waals surface area contributed by atoms with Gasteiger partial charge in [0.2, 0.25) is 0 Å². The molecule has 0 saturated carbocycles. The summed E-state index contributed by atoms with van der Waals surface area (Å²) in [6.07, 6.45) is -4.60. The fraction of sp³-hybridized carbons (Fsp3) is 0.273. The Morgan fingerprint density at radius 2 is 1.68 bits per heavy atom. The van der Waals surface area contributed by atoms with Gasteiger partial charge in [0.25, 0.3) is 5.91 Å². The standard InChI is InChI=1S/C22H22ClF3N4O/c1-28(2)12-13-29(3)21(31)16-10-8-15(9-11-16)19-14-20(22(24,25)26)27-30(19)18-7-5-4-6-17(18)23/h4-11,14H,12-13H2,1-3H3. The maximum absolute atomic E-state index is 13.3. The van der Waals surface area contributed by atoms with Crippen molar-refractivity contribution in [2.24, 2.45) is 0 Å². The summed E-state index contributed by atoms with van der Waals surface area (Å²) in [5.74, 6) is -0.163. The van der Waals surface area contributed by atoms with Crippen LogP contribution in [-0.2, 0) is 6.18 Å². The number of benzene rings is 2. The minimum absolute atomic E-state index is 0.163. The molecule has 0 aliphatic carbocycles. The molecule has 0 fully saturated rings. The fourth-order valence-corrected chi connectivity index (χ4v) is 3.20. The molecule has 31 heavy (non-hydrogen) atoms. The average Bonchev–Trinajstić information content (AvgIpc) is 3.17. The number of nitrogens with zero attached hydrogens (tertiary/aromatic N) is 4. The van der Waals surface area contributed by atoms with Crippen LogP contribution in [0.25, 0.3) is 16.9 Å². The quantitative estimate of drug-likeness (QED) is 0.539. The van der Waals surface area contributed by atoms with Crippen molar-refractivity contribution in [3.8, 4) is 16.9 Å². The van der Waals surface area contributed by atoms with Gasteiger partial charge in [-0.25, -0.2) is 4.68 Å². The Hall–Kier alpha value is -2.84. The molecular formula is C22H22ClF3N4O. The van der Waals surface area contributed by atoms with E-state index in [0.29, 0.717) is 23.4 Å². The summed E-state index contributed by atoms with van der Waals surface area (Å²) in [4.78, 5) is 16.2. The second-order valence-electron chi connectivity index (χ2n) is 7.38. The van der Waals surface area contributed by atoms with Gasteiger partial charge in [0.15, 0.2) is 5.69 Å². The predicted molar refractivity (Wildman–Crippen MR) is 115 cm³/mol. The molecule has 9 heteroatoms. The van der Waals surface area contributed by atoms with Crippen LogP contribution in [0.4, 0.5) is 13.2 Å². The first-order valence-corrected chi connectivity index (χ1v) is 9.88. The third-order valence-corrected chi connectivity index (χ3v) is 5.06. The fourth-order valence-electron chi connectivity index (χ4n) is 2.99. The van der Waals surface area contributed by atoms with Crippen molar-refractivity contribution >= 4 is 17.5 Å².